The SMILES string of the molecule is CC(=O)Nc1ccc(NC(=O)Cc2ccc(CC(C)C)cc2)c(C(F)(F)F)c1. The fourth-order valence-electron chi connectivity index (χ4n) is 2.81. The second-order valence-corrected chi connectivity index (χ2v) is 7.08. The Kier molecular flexibility index (Phi) is 6.83. The largest absolute Gasteiger partial charge is 0.418 e. The van der Waals surface area contributed by atoms with Gasteiger partial charge in [-0.25, -0.2) is 0 Å². The first-order valence-electron chi connectivity index (χ1n) is 8.91. The number of benzene rings is 2. The summed E-state index contributed by atoms with van der Waals surface area (Å²) < 4.78 is 40.0. The predicted octanol–water partition coefficient (Wildman–Crippen LogP) is 5.04. The summed E-state index contributed by atoms with van der Waals surface area (Å²) in [7, 11) is 0. The number of carbonyl (C=O) groups excluding carboxylic acids is 2. The monoisotopic (exact) mass is 392 g/mol. The molecule has 0 radical (unpaired) electrons. The lowest BCUT2D eigenvalue weighted by Crippen LogP contribution is -2.19. The molecule has 7 heteroatoms. The Balaban J connectivity index is 2.13. The van der Waals surface area contributed by atoms with E-state index in [0.29, 0.717) is 11.5 Å². The van der Waals surface area contributed by atoms with Gasteiger partial charge in [0.1, 0.15) is 0 Å². The van der Waals surface area contributed by atoms with Crippen LogP contribution in [0.4, 0.5) is 24.5 Å². The molecule has 0 atom stereocenters. The van der Waals surface area contributed by atoms with Crippen molar-refractivity contribution in [3.05, 3.63) is 59.2 Å². The molecule has 0 aliphatic rings. The highest BCUT2D eigenvalue weighted by molar-refractivity contribution is 5.94. The second kappa shape index (κ2) is 8.91. The van der Waals surface area contributed by atoms with E-state index in [0.717, 1.165) is 24.1 Å². The molecule has 0 aromatic heterocycles. The van der Waals surface area contributed by atoms with E-state index in [1.54, 1.807) is 0 Å². The number of rotatable bonds is 6. The van der Waals surface area contributed by atoms with Crippen LogP contribution in [0.25, 0.3) is 0 Å². The molecule has 28 heavy (non-hydrogen) atoms. The number of alkyl halides is 3. The zero-order valence-corrected chi connectivity index (χ0v) is 16.0. The number of anilines is 2. The number of amides is 2. The van der Waals surface area contributed by atoms with Gasteiger partial charge in [0.15, 0.2) is 0 Å². The Bertz CT molecular complexity index is 844. The summed E-state index contributed by atoms with van der Waals surface area (Å²) in [6.07, 6.45) is -3.79. The van der Waals surface area contributed by atoms with Gasteiger partial charge in [-0.05, 0) is 41.7 Å². The van der Waals surface area contributed by atoms with Crippen LogP contribution < -0.4 is 10.6 Å². The van der Waals surface area contributed by atoms with Crippen molar-refractivity contribution in [3.63, 3.8) is 0 Å². The van der Waals surface area contributed by atoms with Crippen molar-refractivity contribution in [2.75, 3.05) is 10.6 Å². The Labute approximate surface area is 162 Å². The maximum Gasteiger partial charge on any atom is 0.418 e. The minimum absolute atomic E-state index is 0.0126. The average Bonchev–Trinajstić information content (AvgIpc) is 2.56. The van der Waals surface area contributed by atoms with Crippen LogP contribution in [0.5, 0.6) is 0 Å². The van der Waals surface area contributed by atoms with Crippen molar-refractivity contribution in [3.8, 4) is 0 Å². The highest BCUT2D eigenvalue weighted by Crippen LogP contribution is 2.36. The predicted molar refractivity (Wildman–Crippen MR) is 103 cm³/mol. The maximum atomic E-state index is 13.3. The molecule has 0 aliphatic carbocycles. The molecule has 0 spiro atoms. The van der Waals surface area contributed by atoms with Gasteiger partial charge >= 0.3 is 6.18 Å². The molecule has 4 nitrogen and oxygen atoms in total. The van der Waals surface area contributed by atoms with Gasteiger partial charge < -0.3 is 10.6 Å². The van der Waals surface area contributed by atoms with E-state index in [4.69, 9.17) is 0 Å². The molecular weight excluding hydrogens is 369 g/mol. The Morgan fingerprint density at radius 2 is 1.57 bits per heavy atom. The topological polar surface area (TPSA) is 58.2 Å². The van der Waals surface area contributed by atoms with Crippen LogP contribution in [0, 0.1) is 5.92 Å². The zero-order valence-electron chi connectivity index (χ0n) is 16.0. The summed E-state index contributed by atoms with van der Waals surface area (Å²) in [5.41, 5.74) is 0.515. The van der Waals surface area contributed by atoms with Crippen molar-refractivity contribution < 1.29 is 22.8 Å². The van der Waals surface area contributed by atoms with Crippen LogP contribution in [0.3, 0.4) is 0 Å². The molecule has 0 unspecified atom stereocenters. The van der Waals surface area contributed by atoms with Crippen molar-refractivity contribution in [1.29, 1.82) is 0 Å². The summed E-state index contributed by atoms with van der Waals surface area (Å²) in [6.45, 7) is 5.42. The number of hydrogen-bond acceptors (Lipinski definition) is 2. The maximum absolute atomic E-state index is 13.3. The van der Waals surface area contributed by atoms with E-state index in [1.807, 2.05) is 24.3 Å². The van der Waals surface area contributed by atoms with Gasteiger partial charge in [0.2, 0.25) is 11.8 Å². The first-order chi connectivity index (χ1) is 13.0. The number of hydrogen-bond donors (Lipinski definition) is 2. The molecule has 2 amide bonds. The smallest absolute Gasteiger partial charge is 0.326 e. The molecule has 2 aromatic carbocycles. The van der Waals surface area contributed by atoms with Crippen molar-refractivity contribution in [1.82, 2.24) is 0 Å². The van der Waals surface area contributed by atoms with Gasteiger partial charge in [0.25, 0.3) is 0 Å². The fourth-order valence-corrected chi connectivity index (χ4v) is 2.81. The molecule has 2 rings (SSSR count). The van der Waals surface area contributed by atoms with E-state index < -0.39 is 23.6 Å². The van der Waals surface area contributed by atoms with E-state index in [9.17, 15) is 22.8 Å². The summed E-state index contributed by atoms with van der Waals surface area (Å²) in [5.74, 6) is -0.518. The van der Waals surface area contributed by atoms with Gasteiger partial charge in [-0.2, -0.15) is 13.2 Å². The minimum Gasteiger partial charge on any atom is -0.326 e. The van der Waals surface area contributed by atoms with Crippen LogP contribution in [0.15, 0.2) is 42.5 Å². The van der Waals surface area contributed by atoms with E-state index in [-0.39, 0.29) is 17.8 Å². The van der Waals surface area contributed by atoms with E-state index in [1.165, 1.54) is 13.0 Å². The number of halogens is 3. The third-order valence-electron chi connectivity index (χ3n) is 3.95. The summed E-state index contributed by atoms with van der Waals surface area (Å²) >= 11 is 0. The lowest BCUT2D eigenvalue weighted by Gasteiger charge is -2.15. The highest BCUT2D eigenvalue weighted by atomic mass is 19.4. The minimum atomic E-state index is -4.67. The molecule has 0 bridgehead atoms. The van der Waals surface area contributed by atoms with Crippen LogP contribution >= 0.6 is 0 Å². The lowest BCUT2D eigenvalue weighted by molar-refractivity contribution is -0.137. The molecule has 0 saturated carbocycles. The number of nitrogens with one attached hydrogen (secondary N) is 2. The van der Waals surface area contributed by atoms with E-state index >= 15 is 0 Å². The van der Waals surface area contributed by atoms with Gasteiger partial charge in [-0.15, -0.1) is 0 Å². The molecule has 0 fully saturated rings. The lowest BCUT2D eigenvalue weighted by atomic mass is 10.0. The standard InChI is InChI=1S/C21H23F3N2O2/c1-13(2)10-15-4-6-16(7-5-15)11-20(28)26-19-9-8-17(25-14(3)27)12-18(19)21(22,23)24/h4-9,12-13H,10-11H2,1-3H3,(H,25,27)(H,26,28). The molecule has 2 aromatic rings. The Hall–Kier alpha value is -2.83. The van der Waals surface area contributed by atoms with Crippen LogP contribution in [0.2, 0.25) is 0 Å². The van der Waals surface area contributed by atoms with Crippen LogP contribution in [0.1, 0.15) is 37.5 Å². The second-order valence-electron chi connectivity index (χ2n) is 7.08. The first-order valence-corrected chi connectivity index (χ1v) is 8.91. The molecular formula is C21H23F3N2O2. The Morgan fingerprint density at radius 1 is 0.964 bits per heavy atom. The van der Waals surface area contributed by atoms with E-state index in [2.05, 4.69) is 24.5 Å². The molecule has 2 N–H and O–H groups in total. The van der Waals surface area contributed by atoms with Crippen molar-refractivity contribution >= 4 is 23.2 Å². The van der Waals surface area contributed by atoms with Crippen LogP contribution in [-0.4, -0.2) is 11.8 Å². The summed E-state index contributed by atoms with van der Waals surface area (Å²) in [6, 6.07) is 10.7. The Morgan fingerprint density at radius 3 is 2.11 bits per heavy atom. The van der Waals surface area contributed by atoms with Gasteiger partial charge in [0.05, 0.1) is 17.7 Å². The third-order valence-corrected chi connectivity index (χ3v) is 3.95. The zero-order chi connectivity index (χ0) is 20.9. The van der Waals surface area contributed by atoms with Gasteiger partial charge in [-0.3, -0.25) is 9.59 Å². The molecule has 0 heterocycles. The molecule has 150 valence electrons. The highest BCUT2D eigenvalue weighted by Gasteiger charge is 2.34. The fraction of sp³-hybridized carbons (Fsp3) is 0.333. The average molecular weight is 392 g/mol. The summed E-state index contributed by atoms with van der Waals surface area (Å²) in [5, 5.41) is 4.63. The van der Waals surface area contributed by atoms with Crippen LogP contribution in [-0.2, 0) is 28.6 Å². The van der Waals surface area contributed by atoms with Gasteiger partial charge in [-0.1, -0.05) is 38.1 Å². The molecule has 0 aliphatic heterocycles. The normalized spacial score (nSPS) is 11.4. The van der Waals surface area contributed by atoms with Gasteiger partial charge in [0, 0.05) is 12.6 Å². The summed E-state index contributed by atoms with van der Waals surface area (Å²) in [4.78, 5) is 23.3. The third kappa shape index (κ3) is 6.40. The quantitative estimate of drug-likeness (QED) is 0.723. The first kappa shape index (κ1) is 21.5. The van der Waals surface area contributed by atoms with Crippen molar-refractivity contribution in [2.45, 2.75) is 39.8 Å². The molecule has 0 saturated heterocycles. The number of carbonyl (C=O) groups is 2. The van der Waals surface area contributed by atoms with Crippen molar-refractivity contribution in [2.24, 2.45) is 5.92 Å².